The summed E-state index contributed by atoms with van der Waals surface area (Å²) >= 11 is 6.00. The van der Waals surface area contributed by atoms with E-state index in [1.807, 2.05) is 24.4 Å². The fourth-order valence-corrected chi connectivity index (χ4v) is 3.21. The molecule has 7 nitrogen and oxygen atoms in total. The summed E-state index contributed by atoms with van der Waals surface area (Å²) in [7, 11) is 0. The van der Waals surface area contributed by atoms with Gasteiger partial charge in [-0.2, -0.15) is 5.10 Å². The Kier molecular flexibility index (Phi) is 4.62. The van der Waals surface area contributed by atoms with Crippen molar-refractivity contribution in [2.75, 3.05) is 13.2 Å². The lowest BCUT2D eigenvalue weighted by atomic mass is 10.0. The normalized spacial score (nSPS) is 17.0. The van der Waals surface area contributed by atoms with Crippen LogP contribution in [0.15, 0.2) is 47.8 Å². The van der Waals surface area contributed by atoms with Crippen LogP contribution in [0.1, 0.15) is 23.6 Å². The van der Waals surface area contributed by atoms with Crippen LogP contribution in [0.5, 0.6) is 5.75 Å². The summed E-state index contributed by atoms with van der Waals surface area (Å²) in [5.74, 6) is 1.34. The third-order valence-electron chi connectivity index (χ3n) is 4.33. The molecule has 0 spiro atoms. The number of halogens is 1. The fraction of sp³-hybridized carbons (Fsp3) is 0.278. The molecule has 3 N–H and O–H groups in total. The second-order valence-electron chi connectivity index (χ2n) is 6.11. The lowest BCUT2D eigenvalue weighted by molar-refractivity contribution is 0.262. The van der Waals surface area contributed by atoms with E-state index in [1.54, 1.807) is 16.9 Å². The van der Waals surface area contributed by atoms with E-state index in [-0.39, 0.29) is 6.04 Å². The molecule has 3 heterocycles. The number of para-hydroxylation sites is 1. The topological polar surface area (TPSA) is 89.8 Å². The second-order valence-corrected chi connectivity index (χ2v) is 6.52. The molecule has 3 aromatic rings. The number of aromatic nitrogens is 3. The molecule has 0 saturated carbocycles. The zero-order valence-corrected chi connectivity index (χ0v) is 14.9. The maximum absolute atomic E-state index is 6.07. The van der Waals surface area contributed by atoms with Crippen LogP contribution in [0, 0.1) is 0 Å². The highest BCUT2D eigenvalue weighted by atomic mass is 35.5. The van der Waals surface area contributed by atoms with Crippen LogP contribution in [-0.2, 0) is 6.42 Å². The summed E-state index contributed by atoms with van der Waals surface area (Å²) in [5, 5.41) is 7.99. The van der Waals surface area contributed by atoms with Crippen LogP contribution in [0.2, 0.25) is 5.02 Å². The molecule has 4 rings (SSSR count). The van der Waals surface area contributed by atoms with E-state index in [0.717, 1.165) is 23.3 Å². The van der Waals surface area contributed by atoms with Gasteiger partial charge in [-0.3, -0.25) is 4.99 Å². The van der Waals surface area contributed by atoms with Gasteiger partial charge < -0.3 is 15.8 Å². The van der Waals surface area contributed by atoms with Crippen LogP contribution in [0.4, 0.5) is 0 Å². The van der Waals surface area contributed by atoms with Crippen molar-refractivity contribution in [3.05, 3.63) is 59.0 Å². The lowest BCUT2D eigenvalue weighted by Crippen LogP contribution is -2.37. The van der Waals surface area contributed by atoms with E-state index in [9.17, 15) is 0 Å². The highest BCUT2D eigenvalue weighted by molar-refractivity contribution is 6.33. The van der Waals surface area contributed by atoms with Gasteiger partial charge >= 0.3 is 0 Å². The van der Waals surface area contributed by atoms with Gasteiger partial charge in [0.1, 0.15) is 10.8 Å². The predicted octanol–water partition coefficient (Wildman–Crippen LogP) is 2.35. The number of rotatable bonds is 4. The smallest absolute Gasteiger partial charge is 0.189 e. The van der Waals surface area contributed by atoms with Gasteiger partial charge in [-0.15, -0.1) is 0 Å². The Hall–Kier alpha value is -2.80. The van der Waals surface area contributed by atoms with Crippen molar-refractivity contribution in [1.82, 2.24) is 19.9 Å². The Balaban J connectivity index is 1.38. The number of nitrogens with two attached hydrogens (primary N) is 1. The van der Waals surface area contributed by atoms with Crippen molar-refractivity contribution < 1.29 is 4.74 Å². The molecule has 1 aliphatic heterocycles. The zero-order chi connectivity index (χ0) is 17.9. The fourth-order valence-electron chi connectivity index (χ4n) is 3.04. The summed E-state index contributed by atoms with van der Waals surface area (Å²) in [6.07, 6.45) is 6.85. The molecule has 2 aromatic heterocycles. The summed E-state index contributed by atoms with van der Waals surface area (Å²) in [5.41, 5.74) is 8.85. The molecule has 1 aliphatic rings. The Morgan fingerprint density at radius 3 is 3.19 bits per heavy atom. The first-order valence-electron chi connectivity index (χ1n) is 8.46. The van der Waals surface area contributed by atoms with Crippen LogP contribution in [0.25, 0.3) is 5.65 Å². The van der Waals surface area contributed by atoms with E-state index in [4.69, 9.17) is 22.1 Å². The number of ether oxygens (including phenoxy) is 1. The third-order valence-corrected chi connectivity index (χ3v) is 4.60. The summed E-state index contributed by atoms with van der Waals surface area (Å²) < 4.78 is 7.33. The maximum Gasteiger partial charge on any atom is 0.189 e. The number of aliphatic imine (C=N–C) groups is 1. The van der Waals surface area contributed by atoms with Crippen LogP contribution >= 0.6 is 11.6 Å². The van der Waals surface area contributed by atoms with Crippen molar-refractivity contribution in [3.63, 3.8) is 0 Å². The molecular weight excluding hydrogens is 352 g/mol. The number of hydrogen-bond donors (Lipinski definition) is 2. The third kappa shape index (κ3) is 3.43. The highest BCUT2D eigenvalue weighted by Crippen LogP contribution is 2.31. The Bertz CT molecular complexity index is 954. The van der Waals surface area contributed by atoms with Crippen molar-refractivity contribution in [3.8, 4) is 5.75 Å². The lowest BCUT2D eigenvalue weighted by Gasteiger charge is -2.26. The minimum Gasteiger partial charge on any atom is -0.493 e. The first-order chi connectivity index (χ1) is 12.7. The molecule has 134 valence electrons. The average Bonchev–Trinajstić information content (AvgIpc) is 3.02. The van der Waals surface area contributed by atoms with Crippen molar-refractivity contribution in [2.24, 2.45) is 10.7 Å². The largest absolute Gasteiger partial charge is 0.493 e. The summed E-state index contributed by atoms with van der Waals surface area (Å²) in [4.78, 5) is 8.75. The SMILES string of the molecule is NC(=NCCc1cnc2c(Cl)cnn2c1)NC1CCOc2ccccc21. The number of guanidine groups is 1. The van der Waals surface area contributed by atoms with Gasteiger partial charge in [0.2, 0.25) is 0 Å². The monoisotopic (exact) mass is 370 g/mol. The summed E-state index contributed by atoms with van der Waals surface area (Å²) in [6, 6.07) is 8.11. The zero-order valence-electron chi connectivity index (χ0n) is 14.1. The molecule has 26 heavy (non-hydrogen) atoms. The molecule has 1 aromatic carbocycles. The van der Waals surface area contributed by atoms with E-state index >= 15 is 0 Å². The van der Waals surface area contributed by atoms with Gasteiger partial charge in [-0.1, -0.05) is 29.8 Å². The number of fused-ring (bicyclic) bond motifs is 2. The van der Waals surface area contributed by atoms with Gasteiger partial charge in [0.05, 0.1) is 18.8 Å². The molecule has 0 fully saturated rings. The van der Waals surface area contributed by atoms with Gasteiger partial charge in [0.15, 0.2) is 11.6 Å². The van der Waals surface area contributed by atoms with E-state index in [0.29, 0.717) is 36.2 Å². The second kappa shape index (κ2) is 7.21. The first-order valence-corrected chi connectivity index (χ1v) is 8.84. The molecule has 1 unspecified atom stereocenters. The number of benzene rings is 1. The number of nitrogens with one attached hydrogen (secondary N) is 1. The standard InChI is InChI=1S/C18H19ClN6O/c19-14-10-23-25-11-12(9-22-17(14)25)5-7-21-18(20)24-15-6-8-26-16-4-2-1-3-13(15)16/h1-4,9-11,15H,5-8H2,(H3,20,21,24). The predicted molar refractivity (Wildman–Crippen MR) is 101 cm³/mol. The molecule has 0 bridgehead atoms. The van der Waals surface area contributed by atoms with Crippen molar-refractivity contribution in [2.45, 2.75) is 18.9 Å². The molecule has 1 atom stereocenters. The molecule has 0 aliphatic carbocycles. The summed E-state index contributed by atoms with van der Waals surface area (Å²) in [6.45, 7) is 1.23. The maximum atomic E-state index is 6.07. The Labute approximate surface area is 155 Å². The van der Waals surface area contributed by atoms with Gasteiger partial charge in [0, 0.05) is 30.9 Å². The van der Waals surface area contributed by atoms with E-state index < -0.39 is 0 Å². The van der Waals surface area contributed by atoms with Crippen LogP contribution < -0.4 is 15.8 Å². The first kappa shape index (κ1) is 16.7. The minimum atomic E-state index is 0.118. The van der Waals surface area contributed by atoms with Crippen LogP contribution in [0.3, 0.4) is 0 Å². The van der Waals surface area contributed by atoms with E-state index in [1.165, 1.54) is 0 Å². The van der Waals surface area contributed by atoms with Gasteiger partial charge in [-0.25, -0.2) is 9.50 Å². The quantitative estimate of drug-likeness (QED) is 0.543. The van der Waals surface area contributed by atoms with Crippen molar-refractivity contribution >= 4 is 23.2 Å². The molecule has 0 radical (unpaired) electrons. The van der Waals surface area contributed by atoms with Crippen molar-refractivity contribution in [1.29, 1.82) is 0 Å². The van der Waals surface area contributed by atoms with E-state index in [2.05, 4.69) is 26.5 Å². The molecular formula is C18H19ClN6O. The molecule has 0 amide bonds. The Morgan fingerprint density at radius 1 is 1.38 bits per heavy atom. The Morgan fingerprint density at radius 2 is 2.27 bits per heavy atom. The molecule has 8 heteroatoms. The van der Waals surface area contributed by atoms with Crippen LogP contribution in [-0.4, -0.2) is 33.7 Å². The average molecular weight is 371 g/mol. The number of nitrogens with zero attached hydrogens (tertiary/aromatic N) is 4. The van der Waals surface area contributed by atoms with Gasteiger partial charge in [0.25, 0.3) is 0 Å². The number of hydrogen-bond acceptors (Lipinski definition) is 4. The highest BCUT2D eigenvalue weighted by Gasteiger charge is 2.21. The van der Waals surface area contributed by atoms with Gasteiger partial charge in [-0.05, 0) is 18.1 Å². The molecule has 0 saturated heterocycles. The minimum absolute atomic E-state index is 0.118.